The summed E-state index contributed by atoms with van der Waals surface area (Å²) in [6.07, 6.45) is 0. The van der Waals surface area contributed by atoms with Crippen molar-refractivity contribution in [3.63, 3.8) is 0 Å². The Morgan fingerprint density at radius 2 is 1.12 bits per heavy atom. The summed E-state index contributed by atoms with van der Waals surface area (Å²) in [4.78, 5) is 10.5. The van der Waals surface area contributed by atoms with Crippen molar-refractivity contribution in [2.45, 2.75) is 0 Å². The Labute approximate surface area is 248 Å². The summed E-state index contributed by atoms with van der Waals surface area (Å²) >= 11 is 0. The smallest absolute Gasteiger partial charge is 0.235 e. The molecule has 0 bridgehead atoms. The van der Waals surface area contributed by atoms with E-state index in [1.807, 2.05) is 12.1 Å². The van der Waals surface area contributed by atoms with Gasteiger partial charge in [0, 0.05) is 21.7 Å². The molecule has 0 aliphatic heterocycles. The molecule has 200 valence electrons. The van der Waals surface area contributed by atoms with E-state index < -0.39 is 0 Å². The van der Waals surface area contributed by atoms with Crippen LogP contribution in [0.2, 0.25) is 0 Å². The second-order valence-electron chi connectivity index (χ2n) is 11.0. The Morgan fingerprint density at radius 3 is 1.98 bits per heavy atom. The van der Waals surface area contributed by atoms with Crippen LogP contribution in [0.3, 0.4) is 0 Å². The SMILES string of the molecule is c1ccc(-c2nc(-n3c4cc(-c5cccc6ccccc56)ccc4c4c5ccccc5ccc43)nc3ccccc23)cc1. The van der Waals surface area contributed by atoms with Crippen molar-refractivity contribution in [1.29, 1.82) is 0 Å². The van der Waals surface area contributed by atoms with Crippen molar-refractivity contribution in [2.75, 3.05) is 0 Å². The standard InChI is InChI=1S/C40H25N3/c1-2-13-28(14-3-1)39-33-18-8-9-20-35(33)41-40(42-39)43-36-24-22-27-12-5-7-17-32(27)38(36)34-23-21-29(25-37(34)43)31-19-10-15-26-11-4-6-16-30(26)31/h1-25H. The first-order valence-corrected chi connectivity index (χ1v) is 14.6. The monoisotopic (exact) mass is 547 g/mol. The maximum atomic E-state index is 5.30. The summed E-state index contributed by atoms with van der Waals surface area (Å²) in [6.45, 7) is 0. The summed E-state index contributed by atoms with van der Waals surface area (Å²) in [6, 6.07) is 53.7. The molecule has 0 N–H and O–H groups in total. The molecule has 0 atom stereocenters. The fourth-order valence-corrected chi connectivity index (χ4v) is 6.63. The van der Waals surface area contributed by atoms with Crippen LogP contribution < -0.4 is 0 Å². The van der Waals surface area contributed by atoms with E-state index in [9.17, 15) is 0 Å². The summed E-state index contributed by atoms with van der Waals surface area (Å²) in [5, 5.41) is 8.37. The van der Waals surface area contributed by atoms with E-state index >= 15 is 0 Å². The molecule has 0 saturated heterocycles. The number of nitrogens with zero attached hydrogens (tertiary/aromatic N) is 3. The van der Waals surface area contributed by atoms with E-state index in [0.29, 0.717) is 5.95 Å². The number of fused-ring (bicyclic) bond motifs is 7. The number of para-hydroxylation sites is 1. The highest BCUT2D eigenvalue weighted by molar-refractivity contribution is 6.21. The van der Waals surface area contributed by atoms with Gasteiger partial charge in [-0.1, -0.05) is 133 Å². The molecule has 0 saturated carbocycles. The Balaban J connectivity index is 1.42. The minimum Gasteiger partial charge on any atom is -0.278 e. The van der Waals surface area contributed by atoms with Crippen molar-refractivity contribution in [1.82, 2.24) is 14.5 Å². The van der Waals surface area contributed by atoms with Gasteiger partial charge in [0.25, 0.3) is 0 Å². The zero-order chi connectivity index (χ0) is 28.3. The van der Waals surface area contributed by atoms with E-state index in [2.05, 4.69) is 144 Å². The van der Waals surface area contributed by atoms with E-state index in [1.54, 1.807) is 0 Å². The fourth-order valence-electron chi connectivity index (χ4n) is 6.63. The molecule has 3 heteroatoms. The third kappa shape index (κ3) is 3.68. The van der Waals surface area contributed by atoms with Gasteiger partial charge in [-0.3, -0.25) is 4.57 Å². The first-order valence-electron chi connectivity index (χ1n) is 14.6. The topological polar surface area (TPSA) is 30.7 Å². The Kier molecular flexibility index (Phi) is 5.20. The minimum absolute atomic E-state index is 0.669. The molecular weight excluding hydrogens is 522 g/mol. The lowest BCUT2D eigenvalue weighted by Gasteiger charge is -2.12. The molecule has 9 rings (SSSR count). The molecule has 0 aliphatic carbocycles. The van der Waals surface area contributed by atoms with Crippen molar-refractivity contribution in [3.8, 4) is 28.3 Å². The molecule has 0 unspecified atom stereocenters. The number of hydrogen-bond acceptors (Lipinski definition) is 2. The predicted octanol–water partition coefficient (Wildman–Crippen LogP) is 10.4. The Morgan fingerprint density at radius 1 is 0.419 bits per heavy atom. The molecule has 2 aromatic heterocycles. The Bertz CT molecular complexity index is 2500. The molecule has 0 amide bonds. The molecule has 0 fully saturated rings. The highest BCUT2D eigenvalue weighted by Gasteiger charge is 2.19. The number of rotatable bonds is 3. The number of benzene rings is 7. The van der Waals surface area contributed by atoms with E-state index in [0.717, 1.165) is 33.2 Å². The predicted molar refractivity (Wildman–Crippen MR) is 180 cm³/mol. The van der Waals surface area contributed by atoms with Gasteiger partial charge < -0.3 is 0 Å². The van der Waals surface area contributed by atoms with Crippen LogP contribution in [0.5, 0.6) is 0 Å². The number of hydrogen-bond donors (Lipinski definition) is 0. The van der Waals surface area contributed by atoms with Crippen LogP contribution in [0.15, 0.2) is 152 Å². The lowest BCUT2D eigenvalue weighted by molar-refractivity contribution is 1.01. The largest absolute Gasteiger partial charge is 0.278 e. The van der Waals surface area contributed by atoms with Gasteiger partial charge in [-0.15, -0.1) is 0 Å². The fraction of sp³-hybridized carbons (Fsp3) is 0. The zero-order valence-corrected chi connectivity index (χ0v) is 23.3. The minimum atomic E-state index is 0.669. The second-order valence-corrected chi connectivity index (χ2v) is 11.0. The molecule has 0 aliphatic rings. The van der Waals surface area contributed by atoms with Crippen molar-refractivity contribution < 1.29 is 0 Å². The van der Waals surface area contributed by atoms with Crippen molar-refractivity contribution in [3.05, 3.63) is 152 Å². The lowest BCUT2D eigenvalue weighted by atomic mass is 9.97. The van der Waals surface area contributed by atoms with Crippen LogP contribution in [0.25, 0.3) is 82.6 Å². The van der Waals surface area contributed by atoms with Gasteiger partial charge in [0.15, 0.2) is 0 Å². The van der Waals surface area contributed by atoms with Crippen molar-refractivity contribution in [2.24, 2.45) is 0 Å². The van der Waals surface area contributed by atoms with Crippen molar-refractivity contribution >= 4 is 54.3 Å². The average molecular weight is 548 g/mol. The number of aromatic nitrogens is 3. The van der Waals surface area contributed by atoms with Gasteiger partial charge in [-0.05, 0) is 50.9 Å². The molecule has 0 radical (unpaired) electrons. The molecule has 3 nitrogen and oxygen atoms in total. The third-order valence-electron chi connectivity index (χ3n) is 8.60. The van der Waals surface area contributed by atoms with E-state index in [-0.39, 0.29) is 0 Å². The highest BCUT2D eigenvalue weighted by Crippen LogP contribution is 2.40. The normalized spacial score (nSPS) is 11.7. The Hall–Kier alpha value is -5.80. The zero-order valence-electron chi connectivity index (χ0n) is 23.3. The van der Waals surface area contributed by atoms with Crippen LogP contribution in [-0.4, -0.2) is 14.5 Å². The van der Waals surface area contributed by atoms with Gasteiger partial charge in [-0.2, -0.15) is 0 Å². The van der Waals surface area contributed by atoms with Gasteiger partial charge in [-0.25, -0.2) is 9.97 Å². The molecule has 7 aromatic carbocycles. The van der Waals surface area contributed by atoms with Crippen LogP contribution >= 0.6 is 0 Å². The van der Waals surface area contributed by atoms with Crippen LogP contribution in [-0.2, 0) is 0 Å². The third-order valence-corrected chi connectivity index (χ3v) is 8.60. The van der Waals surface area contributed by atoms with Crippen LogP contribution in [0, 0.1) is 0 Å². The average Bonchev–Trinajstić information content (AvgIpc) is 3.42. The maximum absolute atomic E-state index is 5.30. The molecule has 2 heterocycles. The summed E-state index contributed by atoms with van der Waals surface area (Å²) in [7, 11) is 0. The summed E-state index contributed by atoms with van der Waals surface area (Å²) in [5.74, 6) is 0.669. The van der Waals surface area contributed by atoms with Gasteiger partial charge in [0.1, 0.15) is 0 Å². The van der Waals surface area contributed by atoms with E-state index in [4.69, 9.17) is 9.97 Å². The maximum Gasteiger partial charge on any atom is 0.235 e. The van der Waals surface area contributed by atoms with Gasteiger partial charge >= 0.3 is 0 Å². The molecule has 9 aromatic rings. The molecular formula is C40H25N3. The lowest BCUT2D eigenvalue weighted by Crippen LogP contribution is -2.03. The van der Waals surface area contributed by atoms with Gasteiger partial charge in [0.2, 0.25) is 5.95 Å². The van der Waals surface area contributed by atoms with E-state index in [1.165, 1.54) is 43.4 Å². The van der Waals surface area contributed by atoms with Crippen LogP contribution in [0.1, 0.15) is 0 Å². The molecule has 0 spiro atoms. The summed E-state index contributed by atoms with van der Waals surface area (Å²) < 4.78 is 2.25. The first-order chi connectivity index (χ1) is 21.3. The molecule has 43 heavy (non-hydrogen) atoms. The first kappa shape index (κ1) is 23.9. The quantitative estimate of drug-likeness (QED) is 0.220. The van der Waals surface area contributed by atoms with Gasteiger partial charge in [0.05, 0.1) is 22.2 Å². The van der Waals surface area contributed by atoms with Crippen LogP contribution in [0.4, 0.5) is 0 Å². The highest BCUT2D eigenvalue weighted by atomic mass is 15.2. The summed E-state index contributed by atoms with van der Waals surface area (Å²) in [5.41, 5.74) is 7.50. The second kappa shape index (κ2) is 9.37.